The molecule has 3 N–H and O–H groups in total. The Kier molecular flexibility index (Phi) is 5.79. The summed E-state index contributed by atoms with van der Waals surface area (Å²) in [6, 6.07) is 5.66. The molecule has 0 fully saturated rings. The summed E-state index contributed by atoms with van der Waals surface area (Å²) < 4.78 is 0. The van der Waals surface area contributed by atoms with Crippen molar-refractivity contribution >= 4 is 5.91 Å². The highest BCUT2D eigenvalue weighted by molar-refractivity contribution is 5.96. The van der Waals surface area contributed by atoms with E-state index in [0.717, 1.165) is 24.0 Å². The Balaban J connectivity index is 3.03. The average Bonchev–Trinajstić information content (AvgIpc) is 2.46. The molecule has 3 heteroatoms. The van der Waals surface area contributed by atoms with Crippen molar-refractivity contribution in [3.8, 4) is 11.8 Å². The Morgan fingerprint density at radius 3 is 2.55 bits per heavy atom. The number of nitrogens with one attached hydrogen (secondary N) is 1. The first kappa shape index (κ1) is 16.3. The normalized spacial score (nSPS) is 10.7. The average molecular weight is 272 g/mol. The molecular weight excluding hydrogens is 248 g/mol. The minimum absolute atomic E-state index is 0.0369. The molecule has 1 aromatic carbocycles. The first-order valence-electron chi connectivity index (χ1n) is 7.08. The quantitative estimate of drug-likeness (QED) is 0.828. The summed E-state index contributed by atoms with van der Waals surface area (Å²) in [5.74, 6) is 5.73. The predicted molar refractivity (Wildman–Crippen MR) is 83.6 cm³/mol. The number of hydrogen-bond acceptors (Lipinski definition) is 2. The van der Waals surface area contributed by atoms with Gasteiger partial charge in [0.2, 0.25) is 0 Å². The van der Waals surface area contributed by atoms with E-state index in [-0.39, 0.29) is 11.4 Å². The maximum absolute atomic E-state index is 12.4. The molecule has 0 aromatic heterocycles. The molecular formula is C17H24N2O. The van der Waals surface area contributed by atoms with E-state index in [0.29, 0.717) is 12.1 Å². The molecule has 0 aliphatic heterocycles. The van der Waals surface area contributed by atoms with Crippen LogP contribution in [0.3, 0.4) is 0 Å². The Labute approximate surface area is 121 Å². The van der Waals surface area contributed by atoms with E-state index in [9.17, 15) is 4.79 Å². The van der Waals surface area contributed by atoms with Gasteiger partial charge in [-0.15, -0.1) is 0 Å². The van der Waals surface area contributed by atoms with Crippen molar-refractivity contribution in [2.45, 2.75) is 46.1 Å². The zero-order valence-electron chi connectivity index (χ0n) is 12.8. The van der Waals surface area contributed by atoms with Crippen LogP contribution in [-0.4, -0.2) is 18.0 Å². The third-order valence-electron chi connectivity index (χ3n) is 3.79. The van der Waals surface area contributed by atoms with E-state index in [2.05, 4.69) is 37.9 Å². The van der Waals surface area contributed by atoms with Gasteiger partial charge >= 0.3 is 0 Å². The van der Waals surface area contributed by atoms with Crippen LogP contribution >= 0.6 is 0 Å². The lowest BCUT2D eigenvalue weighted by molar-refractivity contribution is 0.0900. The lowest BCUT2D eigenvalue weighted by Gasteiger charge is -2.28. The maximum Gasteiger partial charge on any atom is 0.252 e. The zero-order valence-corrected chi connectivity index (χ0v) is 12.8. The van der Waals surface area contributed by atoms with Gasteiger partial charge in [-0.25, -0.2) is 0 Å². The van der Waals surface area contributed by atoms with E-state index in [1.807, 2.05) is 25.1 Å². The van der Waals surface area contributed by atoms with Gasteiger partial charge in [-0.1, -0.05) is 31.8 Å². The molecule has 1 amide bonds. The number of nitrogens with two attached hydrogens (primary N) is 1. The van der Waals surface area contributed by atoms with Gasteiger partial charge in [-0.2, -0.15) is 0 Å². The molecule has 0 bridgehead atoms. The van der Waals surface area contributed by atoms with Crippen LogP contribution in [0.2, 0.25) is 0 Å². The van der Waals surface area contributed by atoms with Crippen LogP contribution in [0.5, 0.6) is 0 Å². The maximum atomic E-state index is 12.4. The third kappa shape index (κ3) is 4.11. The van der Waals surface area contributed by atoms with Crippen LogP contribution in [0.15, 0.2) is 18.2 Å². The summed E-state index contributed by atoms with van der Waals surface area (Å²) in [6.45, 7) is 8.49. The molecule has 0 atom stereocenters. The summed E-state index contributed by atoms with van der Waals surface area (Å²) >= 11 is 0. The van der Waals surface area contributed by atoms with Crippen LogP contribution < -0.4 is 11.1 Å². The molecule has 1 rings (SSSR count). The second-order valence-corrected chi connectivity index (χ2v) is 5.26. The summed E-state index contributed by atoms with van der Waals surface area (Å²) in [4.78, 5) is 12.4. The Hall–Kier alpha value is -1.79. The second-order valence-electron chi connectivity index (χ2n) is 5.26. The monoisotopic (exact) mass is 272 g/mol. The first-order chi connectivity index (χ1) is 9.45. The number of benzene rings is 1. The Bertz CT molecular complexity index is 534. The van der Waals surface area contributed by atoms with Gasteiger partial charge in [-0.05, 0) is 44.4 Å². The minimum atomic E-state index is -0.164. The van der Waals surface area contributed by atoms with Crippen LogP contribution in [0, 0.1) is 18.8 Å². The van der Waals surface area contributed by atoms with Gasteiger partial charge in [0.05, 0.1) is 6.54 Å². The molecule has 108 valence electrons. The smallest absolute Gasteiger partial charge is 0.252 e. The SMILES string of the molecule is CCC(C)(CC)NC(=O)c1cc(C#CCN)ccc1C. The number of amides is 1. The summed E-state index contributed by atoms with van der Waals surface area (Å²) in [6.07, 6.45) is 1.81. The fraction of sp³-hybridized carbons (Fsp3) is 0.471. The van der Waals surface area contributed by atoms with Crippen molar-refractivity contribution in [1.82, 2.24) is 5.32 Å². The van der Waals surface area contributed by atoms with Crippen LogP contribution in [0.4, 0.5) is 0 Å². The van der Waals surface area contributed by atoms with Crippen molar-refractivity contribution in [2.24, 2.45) is 5.73 Å². The van der Waals surface area contributed by atoms with Gasteiger partial charge in [0.1, 0.15) is 0 Å². The van der Waals surface area contributed by atoms with Gasteiger partial charge in [0, 0.05) is 16.7 Å². The third-order valence-corrected chi connectivity index (χ3v) is 3.79. The van der Waals surface area contributed by atoms with Crippen LogP contribution in [-0.2, 0) is 0 Å². The van der Waals surface area contributed by atoms with E-state index in [1.54, 1.807) is 0 Å². The molecule has 0 spiro atoms. The Morgan fingerprint density at radius 2 is 2.00 bits per heavy atom. The standard InChI is InChI=1S/C17H24N2O/c1-5-17(4,6-2)19-16(20)15-12-14(8-7-11-18)10-9-13(15)3/h9-10,12H,5-6,11,18H2,1-4H3,(H,19,20). The molecule has 20 heavy (non-hydrogen) atoms. The van der Waals surface area contributed by atoms with Crippen molar-refractivity contribution in [2.75, 3.05) is 6.54 Å². The van der Waals surface area contributed by atoms with E-state index in [1.165, 1.54) is 0 Å². The fourth-order valence-corrected chi connectivity index (χ4v) is 1.87. The van der Waals surface area contributed by atoms with E-state index in [4.69, 9.17) is 5.73 Å². The first-order valence-corrected chi connectivity index (χ1v) is 7.08. The predicted octanol–water partition coefficient (Wildman–Crippen LogP) is 2.61. The summed E-state index contributed by atoms with van der Waals surface area (Å²) in [7, 11) is 0. The van der Waals surface area contributed by atoms with Gasteiger partial charge in [-0.3, -0.25) is 4.79 Å². The topological polar surface area (TPSA) is 55.1 Å². The summed E-state index contributed by atoms with van der Waals surface area (Å²) in [5, 5.41) is 3.12. The zero-order chi connectivity index (χ0) is 15.2. The number of carbonyl (C=O) groups excluding carboxylic acids is 1. The van der Waals surface area contributed by atoms with Gasteiger partial charge < -0.3 is 11.1 Å². The molecule has 0 unspecified atom stereocenters. The van der Waals surface area contributed by atoms with E-state index < -0.39 is 0 Å². The molecule has 0 aliphatic carbocycles. The van der Waals surface area contributed by atoms with Crippen LogP contribution in [0.25, 0.3) is 0 Å². The Morgan fingerprint density at radius 1 is 1.35 bits per heavy atom. The van der Waals surface area contributed by atoms with Crippen molar-refractivity contribution in [3.05, 3.63) is 34.9 Å². The molecule has 0 saturated heterocycles. The second kappa shape index (κ2) is 7.12. The molecule has 0 aliphatic rings. The minimum Gasteiger partial charge on any atom is -0.347 e. The lowest BCUT2D eigenvalue weighted by atomic mass is 9.94. The number of rotatable bonds is 4. The molecule has 1 aromatic rings. The number of hydrogen-bond donors (Lipinski definition) is 2. The van der Waals surface area contributed by atoms with Gasteiger partial charge in [0.25, 0.3) is 5.91 Å². The molecule has 0 radical (unpaired) electrons. The van der Waals surface area contributed by atoms with Crippen LogP contribution in [0.1, 0.15) is 55.1 Å². The number of aryl methyl sites for hydroxylation is 1. The van der Waals surface area contributed by atoms with E-state index >= 15 is 0 Å². The highest BCUT2D eigenvalue weighted by Gasteiger charge is 2.23. The highest BCUT2D eigenvalue weighted by atomic mass is 16.1. The van der Waals surface area contributed by atoms with Gasteiger partial charge in [0.15, 0.2) is 0 Å². The lowest BCUT2D eigenvalue weighted by Crippen LogP contribution is -2.45. The molecule has 3 nitrogen and oxygen atoms in total. The highest BCUT2D eigenvalue weighted by Crippen LogP contribution is 2.17. The van der Waals surface area contributed by atoms with Crippen molar-refractivity contribution in [3.63, 3.8) is 0 Å². The van der Waals surface area contributed by atoms with Crippen molar-refractivity contribution < 1.29 is 4.79 Å². The molecule has 0 saturated carbocycles. The largest absolute Gasteiger partial charge is 0.347 e. The fourth-order valence-electron chi connectivity index (χ4n) is 1.87. The van der Waals surface area contributed by atoms with Crippen molar-refractivity contribution in [1.29, 1.82) is 0 Å². The number of carbonyl (C=O) groups is 1. The summed E-state index contributed by atoms with van der Waals surface area (Å²) in [5.41, 5.74) is 7.66. The molecule has 0 heterocycles.